The first-order valence-corrected chi connectivity index (χ1v) is 9.67. The van der Waals surface area contributed by atoms with E-state index in [4.69, 9.17) is 10.5 Å². The van der Waals surface area contributed by atoms with Crippen LogP contribution in [0.1, 0.15) is 46.8 Å². The number of nitrogens with two attached hydrogens (primary N) is 1. The van der Waals surface area contributed by atoms with Gasteiger partial charge in [-0.2, -0.15) is 0 Å². The Bertz CT molecular complexity index is 882. The molecule has 1 aromatic carbocycles. The fourth-order valence-electron chi connectivity index (χ4n) is 4.01. The highest BCUT2D eigenvalue weighted by Crippen LogP contribution is 2.37. The number of ether oxygens (including phenoxy) is 1. The van der Waals surface area contributed by atoms with Crippen molar-refractivity contribution in [1.82, 2.24) is 15.2 Å². The zero-order valence-corrected chi connectivity index (χ0v) is 15.7. The molecule has 1 unspecified atom stereocenters. The van der Waals surface area contributed by atoms with Crippen LogP contribution >= 0.6 is 0 Å². The molecule has 1 aliphatic heterocycles. The van der Waals surface area contributed by atoms with E-state index < -0.39 is 5.91 Å². The molecule has 1 aromatic heterocycles. The van der Waals surface area contributed by atoms with E-state index >= 15 is 0 Å². The average molecular weight is 380 g/mol. The van der Waals surface area contributed by atoms with E-state index in [-0.39, 0.29) is 5.91 Å². The van der Waals surface area contributed by atoms with E-state index in [1.165, 1.54) is 17.3 Å². The first kappa shape index (κ1) is 18.4. The molecule has 7 nitrogen and oxygen atoms in total. The van der Waals surface area contributed by atoms with Crippen molar-refractivity contribution in [2.75, 3.05) is 19.6 Å². The summed E-state index contributed by atoms with van der Waals surface area (Å²) in [5.74, 6) is 0.780. The standard InChI is InChI=1S/C21H24N4O3/c22-21(27)15-4-7-20(24-13-15)28-16-5-6-17-14(12-16)2-1-3-18(17)25-10-8-19(26)23-9-11-25/h4-7,12-13,18H,1-3,8-11H2,(H2,22,27)(H,23,26). The van der Waals surface area contributed by atoms with Gasteiger partial charge < -0.3 is 15.8 Å². The molecule has 0 spiro atoms. The zero-order valence-electron chi connectivity index (χ0n) is 15.7. The maximum absolute atomic E-state index is 11.6. The van der Waals surface area contributed by atoms with Crippen LogP contribution in [0, 0.1) is 0 Å². The Morgan fingerprint density at radius 2 is 2.11 bits per heavy atom. The molecule has 1 aliphatic carbocycles. The molecular weight excluding hydrogens is 356 g/mol. The molecule has 2 aliphatic rings. The number of hydrogen-bond donors (Lipinski definition) is 2. The van der Waals surface area contributed by atoms with E-state index in [9.17, 15) is 9.59 Å². The van der Waals surface area contributed by atoms with Crippen LogP contribution in [0.2, 0.25) is 0 Å². The Labute approximate surface area is 163 Å². The molecule has 0 radical (unpaired) electrons. The van der Waals surface area contributed by atoms with Gasteiger partial charge in [-0.15, -0.1) is 0 Å². The second-order valence-corrected chi connectivity index (χ2v) is 7.26. The summed E-state index contributed by atoms with van der Waals surface area (Å²) in [5.41, 5.74) is 8.20. The van der Waals surface area contributed by atoms with Gasteiger partial charge in [-0.05, 0) is 48.6 Å². The summed E-state index contributed by atoms with van der Waals surface area (Å²) in [6, 6.07) is 9.76. The van der Waals surface area contributed by atoms with Gasteiger partial charge in [0.1, 0.15) is 5.75 Å². The van der Waals surface area contributed by atoms with Crippen molar-refractivity contribution in [3.05, 3.63) is 53.2 Å². The molecule has 1 atom stereocenters. The highest BCUT2D eigenvalue weighted by atomic mass is 16.5. The highest BCUT2D eigenvalue weighted by Gasteiger charge is 2.27. The lowest BCUT2D eigenvalue weighted by atomic mass is 9.86. The van der Waals surface area contributed by atoms with Gasteiger partial charge in [-0.25, -0.2) is 4.98 Å². The van der Waals surface area contributed by atoms with Gasteiger partial charge in [-0.3, -0.25) is 14.5 Å². The Hall–Kier alpha value is -2.93. The van der Waals surface area contributed by atoms with Crippen molar-refractivity contribution >= 4 is 11.8 Å². The number of hydrogen-bond acceptors (Lipinski definition) is 5. The normalized spacial score (nSPS) is 20.0. The summed E-state index contributed by atoms with van der Waals surface area (Å²) in [4.78, 5) is 29.4. The third kappa shape index (κ3) is 3.99. The predicted octanol–water partition coefficient (Wildman–Crippen LogP) is 2.17. The topological polar surface area (TPSA) is 97.5 Å². The van der Waals surface area contributed by atoms with Crippen LogP contribution < -0.4 is 15.8 Å². The van der Waals surface area contributed by atoms with Gasteiger partial charge in [-0.1, -0.05) is 6.07 Å². The van der Waals surface area contributed by atoms with E-state index in [2.05, 4.69) is 27.3 Å². The van der Waals surface area contributed by atoms with Gasteiger partial charge in [0, 0.05) is 44.4 Å². The molecule has 1 saturated heterocycles. The van der Waals surface area contributed by atoms with Crippen LogP contribution in [0.4, 0.5) is 0 Å². The number of aryl methyl sites for hydroxylation is 1. The first-order valence-electron chi connectivity index (χ1n) is 9.67. The summed E-state index contributed by atoms with van der Waals surface area (Å²) in [5, 5.41) is 2.95. The number of carbonyl (C=O) groups is 2. The Balaban J connectivity index is 1.51. The minimum absolute atomic E-state index is 0.136. The second kappa shape index (κ2) is 7.98. The summed E-state index contributed by atoms with van der Waals surface area (Å²) in [7, 11) is 0. The number of carbonyl (C=O) groups excluding carboxylic acids is 2. The molecule has 3 N–H and O–H groups in total. The molecule has 146 valence electrons. The molecule has 2 aromatic rings. The smallest absolute Gasteiger partial charge is 0.250 e. The van der Waals surface area contributed by atoms with E-state index in [1.54, 1.807) is 12.1 Å². The van der Waals surface area contributed by atoms with E-state index in [1.807, 2.05) is 6.07 Å². The molecular formula is C21H24N4O3. The Morgan fingerprint density at radius 1 is 1.21 bits per heavy atom. The molecule has 2 heterocycles. The van der Waals surface area contributed by atoms with E-state index in [0.29, 0.717) is 30.5 Å². The summed E-state index contributed by atoms with van der Waals surface area (Å²) in [6.07, 6.45) is 5.21. The molecule has 0 bridgehead atoms. The van der Waals surface area contributed by atoms with Crippen molar-refractivity contribution in [1.29, 1.82) is 0 Å². The molecule has 28 heavy (non-hydrogen) atoms. The van der Waals surface area contributed by atoms with Crippen molar-refractivity contribution < 1.29 is 14.3 Å². The number of primary amides is 1. The van der Waals surface area contributed by atoms with Crippen molar-refractivity contribution in [2.24, 2.45) is 5.73 Å². The number of nitrogens with one attached hydrogen (secondary N) is 1. The van der Waals surface area contributed by atoms with Gasteiger partial charge in [0.2, 0.25) is 17.7 Å². The monoisotopic (exact) mass is 380 g/mol. The lowest BCUT2D eigenvalue weighted by molar-refractivity contribution is -0.120. The van der Waals surface area contributed by atoms with Crippen LogP contribution in [0.3, 0.4) is 0 Å². The molecule has 2 amide bonds. The van der Waals surface area contributed by atoms with E-state index in [0.717, 1.165) is 38.1 Å². The van der Waals surface area contributed by atoms with Gasteiger partial charge in [0.05, 0.1) is 5.56 Å². The van der Waals surface area contributed by atoms with Crippen molar-refractivity contribution in [3.8, 4) is 11.6 Å². The largest absolute Gasteiger partial charge is 0.439 e. The summed E-state index contributed by atoms with van der Waals surface area (Å²) in [6.45, 7) is 2.38. The lowest BCUT2D eigenvalue weighted by Crippen LogP contribution is -2.34. The van der Waals surface area contributed by atoms with Crippen LogP contribution in [0.15, 0.2) is 36.5 Å². The number of nitrogens with zero attached hydrogens (tertiary/aromatic N) is 2. The van der Waals surface area contributed by atoms with Gasteiger partial charge >= 0.3 is 0 Å². The fraction of sp³-hybridized carbons (Fsp3) is 0.381. The van der Waals surface area contributed by atoms with Crippen molar-refractivity contribution in [3.63, 3.8) is 0 Å². The number of aromatic nitrogens is 1. The second-order valence-electron chi connectivity index (χ2n) is 7.26. The zero-order chi connectivity index (χ0) is 19.5. The quantitative estimate of drug-likeness (QED) is 0.847. The minimum Gasteiger partial charge on any atom is -0.439 e. The fourth-order valence-corrected chi connectivity index (χ4v) is 4.01. The van der Waals surface area contributed by atoms with Crippen LogP contribution in [0.25, 0.3) is 0 Å². The van der Waals surface area contributed by atoms with Gasteiger partial charge in [0.25, 0.3) is 0 Å². The van der Waals surface area contributed by atoms with Crippen LogP contribution in [-0.4, -0.2) is 41.3 Å². The average Bonchev–Trinajstić information content (AvgIpc) is 2.92. The minimum atomic E-state index is -0.510. The molecule has 1 fully saturated rings. The van der Waals surface area contributed by atoms with Crippen molar-refractivity contribution in [2.45, 2.75) is 31.7 Å². The number of fused-ring (bicyclic) bond motifs is 1. The Morgan fingerprint density at radius 3 is 2.89 bits per heavy atom. The van der Waals surface area contributed by atoms with Gasteiger partial charge in [0.15, 0.2) is 0 Å². The molecule has 7 heteroatoms. The molecule has 0 saturated carbocycles. The number of pyridine rings is 1. The Kier molecular flexibility index (Phi) is 5.25. The maximum Gasteiger partial charge on any atom is 0.250 e. The highest BCUT2D eigenvalue weighted by molar-refractivity contribution is 5.92. The number of benzene rings is 1. The summed E-state index contributed by atoms with van der Waals surface area (Å²) < 4.78 is 5.86. The number of amides is 2. The maximum atomic E-state index is 11.6. The van der Waals surface area contributed by atoms with Crippen LogP contribution in [-0.2, 0) is 11.2 Å². The number of rotatable bonds is 4. The lowest BCUT2D eigenvalue weighted by Gasteiger charge is -2.35. The third-order valence-corrected chi connectivity index (χ3v) is 5.43. The SMILES string of the molecule is NC(=O)c1ccc(Oc2ccc3c(c2)CCCC3N2CCNC(=O)CC2)nc1. The summed E-state index contributed by atoms with van der Waals surface area (Å²) >= 11 is 0. The predicted molar refractivity (Wildman–Crippen MR) is 104 cm³/mol. The first-order chi connectivity index (χ1) is 13.6. The molecule has 4 rings (SSSR count). The third-order valence-electron chi connectivity index (χ3n) is 5.43. The van der Waals surface area contributed by atoms with Crippen LogP contribution in [0.5, 0.6) is 11.6 Å².